The first-order valence-corrected chi connectivity index (χ1v) is 8.17. The summed E-state index contributed by atoms with van der Waals surface area (Å²) in [7, 11) is -2.31. The van der Waals surface area contributed by atoms with Crippen LogP contribution in [0.1, 0.15) is 19.4 Å². The largest absolute Gasteiger partial charge is 0.399 e. The minimum atomic E-state index is -3.69. The van der Waals surface area contributed by atoms with E-state index in [4.69, 9.17) is 5.73 Å². The molecule has 0 heterocycles. The van der Waals surface area contributed by atoms with Crippen LogP contribution in [0.15, 0.2) is 23.1 Å². The Morgan fingerprint density at radius 1 is 1.38 bits per heavy atom. The number of nitrogens with zero attached hydrogens (tertiary/aromatic N) is 1. The quantitative estimate of drug-likeness (QED) is 0.765. The average molecular weight is 313 g/mol. The molecule has 0 atom stereocenters. The average Bonchev–Trinajstić information content (AvgIpc) is 2.39. The fourth-order valence-electron chi connectivity index (χ4n) is 1.65. The number of carbonyl (C=O) groups excluding carboxylic acids is 1. The predicted octanol–water partition coefficient (Wildman–Crippen LogP) is 0.970. The highest BCUT2D eigenvalue weighted by Gasteiger charge is 2.23. The molecule has 1 aromatic rings. The molecule has 0 bridgehead atoms. The number of hydrogen-bond donors (Lipinski definition) is 2. The van der Waals surface area contributed by atoms with E-state index in [1.54, 1.807) is 13.0 Å². The van der Waals surface area contributed by atoms with Gasteiger partial charge in [0.2, 0.25) is 15.9 Å². The Balaban J connectivity index is 2.82. The van der Waals surface area contributed by atoms with Crippen LogP contribution < -0.4 is 11.1 Å². The molecular formula is C14H23N3O3S. The summed E-state index contributed by atoms with van der Waals surface area (Å²) in [5, 5.41) is 2.69. The lowest BCUT2D eigenvalue weighted by Crippen LogP contribution is -2.39. The van der Waals surface area contributed by atoms with Gasteiger partial charge in [0.15, 0.2) is 0 Å². The number of nitrogen functional groups attached to an aromatic ring is 1. The summed E-state index contributed by atoms with van der Waals surface area (Å²) in [6.07, 6.45) is 0. The summed E-state index contributed by atoms with van der Waals surface area (Å²) < 4.78 is 25.8. The van der Waals surface area contributed by atoms with E-state index < -0.39 is 10.0 Å². The normalized spacial score (nSPS) is 11.9. The van der Waals surface area contributed by atoms with Gasteiger partial charge in [-0.2, -0.15) is 4.31 Å². The first-order chi connectivity index (χ1) is 9.64. The maximum atomic E-state index is 12.4. The third-order valence-electron chi connectivity index (χ3n) is 3.02. The number of carbonyl (C=O) groups is 1. The second-order valence-electron chi connectivity index (χ2n) is 5.48. The molecule has 1 aromatic carbocycles. The number of hydrogen-bond acceptors (Lipinski definition) is 4. The van der Waals surface area contributed by atoms with Gasteiger partial charge in [-0.1, -0.05) is 13.8 Å². The minimum Gasteiger partial charge on any atom is -0.399 e. The molecule has 7 heteroatoms. The molecule has 0 radical (unpaired) electrons. The Labute approximate surface area is 126 Å². The Kier molecular flexibility index (Phi) is 5.74. The monoisotopic (exact) mass is 313 g/mol. The summed E-state index contributed by atoms with van der Waals surface area (Å²) >= 11 is 0. The zero-order valence-electron chi connectivity index (χ0n) is 12.9. The molecule has 6 nitrogen and oxygen atoms in total. The van der Waals surface area contributed by atoms with Crippen LogP contribution in [0.25, 0.3) is 0 Å². The fraction of sp³-hybridized carbons (Fsp3) is 0.500. The van der Waals surface area contributed by atoms with Crippen molar-refractivity contribution in [3.63, 3.8) is 0 Å². The van der Waals surface area contributed by atoms with Gasteiger partial charge >= 0.3 is 0 Å². The zero-order chi connectivity index (χ0) is 16.2. The van der Waals surface area contributed by atoms with Crippen molar-refractivity contribution in [2.45, 2.75) is 25.7 Å². The first-order valence-electron chi connectivity index (χ1n) is 6.73. The Morgan fingerprint density at radius 2 is 2.00 bits per heavy atom. The van der Waals surface area contributed by atoms with Crippen LogP contribution in [0.3, 0.4) is 0 Å². The predicted molar refractivity (Wildman–Crippen MR) is 83.3 cm³/mol. The lowest BCUT2D eigenvalue weighted by atomic mass is 10.2. The van der Waals surface area contributed by atoms with Gasteiger partial charge in [0.05, 0.1) is 11.4 Å². The summed E-state index contributed by atoms with van der Waals surface area (Å²) in [6.45, 7) is 5.99. The smallest absolute Gasteiger partial charge is 0.243 e. The van der Waals surface area contributed by atoms with Gasteiger partial charge in [-0.3, -0.25) is 4.79 Å². The molecule has 0 saturated heterocycles. The van der Waals surface area contributed by atoms with Crippen molar-refractivity contribution >= 4 is 21.6 Å². The number of anilines is 1. The summed E-state index contributed by atoms with van der Waals surface area (Å²) in [4.78, 5) is 11.9. The van der Waals surface area contributed by atoms with E-state index in [0.717, 1.165) is 4.31 Å². The third-order valence-corrected chi connectivity index (χ3v) is 4.82. The highest BCUT2D eigenvalue weighted by atomic mass is 32.2. The molecule has 21 heavy (non-hydrogen) atoms. The maximum Gasteiger partial charge on any atom is 0.243 e. The number of likely N-dealkylation sites (N-methyl/N-ethyl adjacent to an activating group) is 1. The molecule has 1 amide bonds. The zero-order valence-corrected chi connectivity index (χ0v) is 13.7. The Bertz CT molecular complexity index is 612. The van der Waals surface area contributed by atoms with Gasteiger partial charge in [-0.05, 0) is 36.6 Å². The van der Waals surface area contributed by atoms with Crippen LogP contribution in [0.2, 0.25) is 0 Å². The summed E-state index contributed by atoms with van der Waals surface area (Å²) in [5.41, 5.74) is 6.91. The number of rotatable bonds is 6. The second-order valence-corrected chi connectivity index (χ2v) is 7.52. The standard InChI is InChI=1S/C14H23N3O3S/c1-10(2)8-16-14(18)9-17(4)21(19,20)12-5-6-13(15)11(3)7-12/h5-7,10H,8-9,15H2,1-4H3,(H,16,18). The van der Waals surface area contributed by atoms with E-state index in [1.807, 2.05) is 13.8 Å². The van der Waals surface area contributed by atoms with E-state index >= 15 is 0 Å². The van der Waals surface area contributed by atoms with Crippen LogP contribution in [0.4, 0.5) is 5.69 Å². The highest BCUT2D eigenvalue weighted by Crippen LogP contribution is 2.19. The molecule has 3 N–H and O–H groups in total. The molecule has 0 aromatic heterocycles. The molecule has 0 aliphatic heterocycles. The lowest BCUT2D eigenvalue weighted by molar-refractivity contribution is -0.121. The van der Waals surface area contributed by atoms with Crippen LogP contribution in [0, 0.1) is 12.8 Å². The van der Waals surface area contributed by atoms with Crippen molar-refractivity contribution in [1.82, 2.24) is 9.62 Å². The molecule has 0 saturated carbocycles. The minimum absolute atomic E-state index is 0.133. The van der Waals surface area contributed by atoms with Crippen LogP contribution in [-0.4, -0.2) is 38.8 Å². The van der Waals surface area contributed by atoms with Crippen molar-refractivity contribution < 1.29 is 13.2 Å². The topological polar surface area (TPSA) is 92.5 Å². The van der Waals surface area contributed by atoms with E-state index in [1.165, 1.54) is 19.2 Å². The Morgan fingerprint density at radius 3 is 2.52 bits per heavy atom. The van der Waals surface area contributed by atoms with Crippen molar-refractivity contribution in [3.05, 3.63) is 23.8 Å². The number of aryl methyl sites for hydroxylation is 1. The maximum absolute atomic E-state index is 12.4. The van der Waals surface area contributed by atoms with Gasteiger partial charge in [0.25, 0.3) is 0 Å². The van der Waals surface area contributed by atoms with E-state index in [2.05, 4.69) is 5.32 Å². The molecule has 0 unspecified atom stereocenters. The second kappa shape index (κ2) is 6.91. The number of sulfonamides is 1. The third kappa shape index (κ3) is 4.71. The van der Waals surface area contributed by atoms with Crippen molar-refractivity contribution in [1.29, 1.82) is 0 Å². The molecule has 1 rings (SSSR count). The highest BCUT2D eigenvalue weighted by molar-refractivity contribution is 7.89. The first kappa shape index (κ1) is 17.5. The van der Waals surface area contributed by atoms with Gasteiger partial charge in [0, 0.05) is 19.3 Å². The molecule has 0 fully saturated rings. The van der Waals surface area contributed by atoms with E-state index in [9.17, 15) is 13.2 Å². The van der Waals surface area contributed by atoms with Gasteiger partial charge in [-0.15, -0.1) is 0 Å². The van der Waals surface area contributed by atoms with Gasteiger partial charge < -0.3 is 11.1 Å². The van der Waals surface area contributed by atoms with E-state index in [-0.39, 0.29) is 17.3 Å². The molecule has 0 aliphatic rings. The fourth-order valence-corrected chi connectivity index (χ4v) is 2.86. The number of amides is 1. The van der Waals surface area contributed by atoms with Crippen LogP contribution >= 0.6 is 0 Å². The number of nitrogens with one attached hydrogen (secondary N) is 1. The Hall–Kier alpha value is -1.60. The van der Waals surface area contributed by atoms with E-state index in [0.29, 0.717) is 23.7 Å². The molecule has 118 valence electrons. The van der Waals surface area contributed by atoms with Gasteiger partial charge in [-0.25, -0.2) is 8.42 Å². The van der Waals surface area contributed by atoms with Crippen LogP contribution in [0.5, 0.6) is 0 Å². The van der Waals surface area contributed by atoms with Crippen molar-refractivity contribution in [2.75, 3.05) is 25.9 Å². The van der Waals surface area contributed by atoms with Crippen molar-refractivity contribution in [2.24, 2.45) is 5.92 Å². The lowest BCUT2D eigenvalue weighted by Gasteiger charge is -2.18. The SMILES string of the molecule is Cc1cc(S(=O)(=O)N(C)CC(=O)NCC(C)C)ccc1N. The molecule has 0 aliphatic carbocycles. The van der Waals surface area contributed by atoms with Crippen molar-refractivity contribution in [3.8, 4) is 0 Å². The van der Waals surface area contributed by atoms with Gasteiger partial charge in [0.1, 0.15) is 0 Å². The molecular weight excluding hydrogens is 290 g/mol. The molecule has 0 spiro atoms. The number of benzene rings is 1. The summed E-state index contributed by atoms with van der Waals surface area (Å²) in [5.74, 6) is -0.00227. The number of nitrogens with two attached hydrogens (primary N) is 1. The summed E-state index contributed by atoms with van der Waals surface area (Å²) in [6, 6.07) is 4.50. The van der Waals surface area contributed by atoms with Crippen LogP contribution in [-0.2, 0) is 14.8 Å².